The highest BCUT2D eigenvalue weighted by Crippen LogP contribution is 2.19. The largest absolute Gasteiger partial charge is 0.478 e. The van der Waals surface area contributed by atoms with Crippen molar-refractivity contribution in [3.8, 4) is 0 Å². The van der Waals surface area contributed by atoms with Gasteiger partial charge in [-0.3, -0.25) is 0 Å². The number of nitrogens with zero attached hydrogens (tertiary/aromatic N) is 1. The van der Waals surface area contributed by atoms with E-state index in [-0.39, 0.29) is 24.6 Å². The fourth-order valence-corrected chi connectivity index (χ4v) is 3.05. The van der Waals surface area contributed by atoms with E-state index in [1.165, 1.54) is 13.2 Å². The number of sulfonamides is 1. The lowest BCUT2D eigenvalue weighted by Crippen LogP contribution is -2.34. The van der Waals surface area contributed by atoms with Gasteiger partial charge in [0.1, 0.15) is 5.82 Å². The van der Waals surface area contributed by atoms with Crippen LogP contribution in [0.3, 0.4) is 0 Å². The maximum absolute atomic E-state index is 13.3. The molecule has 0 bridgehead atoms. The van der Waals surface area contributed by atoms with Crippen LogP contribution < -0.4 is 0 Å². The highest BCUT2D eigenvalue weighted by Gasteiger charge is 2.25. The van der Waals surface area contributed by atoms with Gasteiger partial charge in [0, 0.05) is 20.2 Å². The van der Waals surface area contributed by atoms with E-state index >= 15 is 0 Å². The molecule has 1 aromatic carbocycles. The standard InChI is InChI=1S/C13H16FNO5S/c1-3-6-15(7-8-20-2)21(18,19)10-4-5-12(14)11(9-10)13(16)17/h3-5,9H,1,6-8H2,2H3,(H,16,17). The molecule has 6 nitrogen and oxygen atoms in total. The number of hydrogen-bond acceptors (Lipinski definition) is 4. The molecule has 1 aromatic rings. The van der Waals surface area contributed by atoms with Crippen LogP contribution in [0, 0.1) is 5.82 Å². The van der Waals surface area contributed by atoms with E-state index in [0.29, 0.717) is 0 Å². The van der Waals surface area contributed by atoms with Crippen molar-refractivity contribution in [2.45, 2.75) is 4.90 Å². The Kier molecular flexibility index (Phi) is 6.01. The second kappa shape index (κ2) is 7.30. The summed E-state index contributed by atoms with van der Waals surface area (Å²) in [6, 6.07) is 2.65. The van der Waals surface area contributed by atoms with Gasteiger partial charge in [-0.1, -0.05) is 6.08 Å². The number of carbonyl (C=O) groups is 1. The van der Waals surface area contributed by atoms with Gasteiger partial charge in [-0.25, -0.2) is 17.6 Å². The van der Waals surface area contributed by atoms with Crippen LogP contribution in [-0.4, -0.2) is 50.6 Å². The molecule has 0 amide bonds. The molecule has 116 valence electrons. The lowest BCUT2D eigenvalue weighted by Gasteiger charge is -2.20. The third-order valence-electron chi connectivity index (χ3n) is 2.68. The van der Waals surface area contributed by atoms with Crippen LogP contribution in [0.4, 0.5) is 4.39 Å². The minimum absolute atomic E-state index is 0.0332. The predicted molar refractivity (Wildman–Crippen MR) is 74.2 cm³/mol. The van der Waals surface area contributed by atoms with Crippen molar-refractivity contribution in [1.29, 1.82) is 0 Å². The molecule has 0 radical (unpaired) electrons. The molecule has 0 atom stereocenters. The Labute approximate surface area is 122 Å². The molecule has 0 aliphatic carbocycles. The molecule has 0 aromatic heterocycles. The average molecular weight is 317 g/mol. The van der Waals surface area contributed by atoms with Crippen LogP contribution in [0.2, 0.25) is 0 Å². The molecule has 1 rings (SSSR count). The Balaban J connectivity index is 3.24. The summed E-state index contributed by atoms with van der Waals surface area (Å²) in [7, 11) is -2.53. The molecule has 0 aliphatic rings. The van der Waals surface area contributed by atoms with Gasteiger partial charge in [-0.2, -0.15) is 4.31 Å². The van der Waals surface area contributed by atoms with E-state index in [0.717, 1.165) is 22.5 Å². The minimum atomic E-state index is -3.96. The summed E-state index contributed by atoms with van der Waals surface area (Å²) in [5.41, 5.74) is -0.693. The molecule has 0 fully saturated rings. The average Bonchev–Trinajstić information content (AvgIpc) is 2.43. The van der Waals surface area contributed by atoms with E-state index in [1.54, 1.807) is 0 Å². The number of halogens is 1. The SMILES string of the molecule is C=CCN(CCOC)S(=O)(=O)c1ccc(F)c(C(=O)O)c1. The third-order valence-corrected chi connectivity index (χ3v) is 4.54. The van der Waals surface area contributed by atoms with Gasteiger partial charge in [0.05, 0.1) is 17.1 Å². The maximum Gasteiger partial charge on any atom is 0.338 e. The molecule has 0 saturated carbocycles. The van der Waals surface area contributed by atoms with Crippen molar-refractivity contribution >= 4 is 16.0 Å². The topological polar surface area (TPSA) is 83.9 Å². The zero-order chi connectivity index (χ0) is 16.0. The van der Waals surface area contributed by atoms with E-state index in [2.05, 4.69) is 6.58 Å². The fourth-order valence-electron chi connectivity index (χ4n) is 1.62. The number of carboxylic acid groups (broad SMARTS) is 1. The number of aromatic carboxylic acids is 1. The van der Waals surface area contributed by atoms with E-state index in [1.807, 2.05) is 0 Å². The summed E-state index contributed by atoms with van der Waals surface area (Å²) in [5.74, 6) is -2.52. The number of ether oxygens (including phenoxy) is 1. The van der Waals surface area contributed by atoms with Gasteiger partial charge in [0.25, 0.3) is 0 Å². The Morgan fingerprint density at radius 1 is 1.52 bits per heavy atom. The molecule has 1 N–H and O–H groups in total. The molecule has 0 saturated heterocycles. The first-order chi connectivity index (χ1) is 9.84. The van der Waals surface area contributed by atoms with Crippen molar-refractivity contribution in [2.75, 3.05) is 26.8 Å². The summed E-state index contributed by atoms with van der Waals surface area (Å²) >= 11 is 0. The Bertz CT molecular complexity index is 629. The molecule has 0 heterocycles. The summed E-state index contributed by atoms with van der Waals surface area (Å²) in [6.07, 6.45) is 1.40. The molecule has 21 heavy (non-hydrogen) atoms. The van der Waals surface area contributed by atoms with E-state index < -0.39 is 27.4 Å². The first kappa shape index (κ1) is 17.3. The lowest BCUT2D eigenvalue weighted by atomic mass is 10.2. The Morgan fingerprint density at radius 3 is 2.71 bits per heavy atom. The molecular weight excluding hydrogens is 301 g/mol. The second-order valence-corrected chi connectivity index (χ2v) is 6.03. The van der Waals surface area contributed by atoms with Gasteiger partial charge < -0.3 is 9.84 Å². The predicted octanol–water partition coefficient (Wildman–Crippen LogP) is 1.35. The number of benzene rings is 1. The third kappa shape index (κ3) is 4.10. The van der Waals surface area contributed by atoms with Crippen LogP contribution in [0.25, 0.3) is 0 Å². The van der Waals surface area contributed by atoms with Crippen molar-refractivity contribution in [2.24, 2.45) is 0 Å². The lowest BCUT2D eigenvalue weighted by molar-refractivity contribution is 0.0691. The van der Waals surface area contributed by atoms with Crippen LogP contribution in [0.15, 0.2) is 35.7 Å². The van der Waals surface area contributed by atoms with Crippen molar-refractivity contribution in [3.63, 3.8) is 0 Å². The monoisotopic (exact) mass is 317 g/mol. The van der Waals surface area contributed by atoms with Gasteiger partial charge in [0.15, 0.2) is 0 Å². The number of methoxy groups -OCH3 is 1. The Hall–Kier alpha value is -1.77. The zero-order valence-electron chi connectivity index (χ0n) is 11.5. The van der Waals surface area contributed by atoms with Crippen molar-refractivity contribution < 1.29 is 27.4 Å². The van der Waals surface area contributed by atoms with Crippen molar-refractivity contribution in [1.82, 2.24) is 4.31 Å². The molecule has 0 unspecified atom stereocenters. The van der Waals surface area contributed by atoms with Crippen LogP contribution >= 0.6 is 0 Å². The summed E-state index contributed by atoms with van der Waals surface area (Å²) in [5, 5.41) is 8.85. The number of carboxylic acids is 1. The van der Waals surface area contributed by atoms with E-state index in [4.69, 9.17) is 9.84 Å². The van der Waals surface area contributed by atoms with Crippen LogP contribution in [0.5, 0.6) is 0 Å². The quantitative estimate of drug-likeness (QED) is 0.732. The Morgan fingerprint density at radius 2 is 2.19 bits per heavy atom. The number of rotatable bonds is 8. The zero-order valence-corrected chi connectivity index (χ0v) is 12.3. The first-order valence-electron chi connectivity index (χ1n) is 5.97. The fraction of sp³-hybridized carbons (Fsp3) is 0.308. The molecule has 0 aliphatic heterocycles. The van der Waals surface area contributed by atoms with Crippen LogP contribution in [0.1, 0.15) is 10.4 Å². The highest BCUT2D eigenvalue weighted by atomic mass is 32.2. The minimum Gasteiger partial charge on any atom is -0.478 e. The smallest absolute Gasteiger partial charge is 0.338 e. The summed E-state index contributed by atoms with van der Waals surface area (Å²) in [4.78, 5) is 10.6. The normalized spacial score (nSPS) is 11.6. The van der Waals surface area contributed by atoms with Gasteiger partial charge >= 0.3 is 5.97 Å². The van der Waals surface area contributed by atoms with Gasteiger partial charge in [-0.05, 0) is 18.2 Å². The molecule has 0 spiro atoms. The van der Waals surface area contributed by atoms with Crippen LogP contribution in [-0.2, 0) is 14.8 Å². The molecular formula is C13H16FNO5S. The van der Waals surface area contributed by atoms with Crippen molar-refractivity contribution in [3.05, 3.63) is 42.2 Å². The summed E-state index contributed by atoms with van der Waals surface area (Å²) < 4.78 is 44.1. The van der Waals surface area contributed by atoms with Gasteiger partial charge in [0.2, 0.25) is 10.0 Å². The summed E-state index contributed by atoms with van der Waals surface area (Å²) in [6.45, 7) is 3.75. The van der Waals surface area contributed by atoms with E-state index in [9.17, 15) is 17.6 Å². The number of hydrogen-bond donors (Lipinski definition) is 1. The second-order valence-electron chi connectivity index (χ2n) is 4.09. The highest BCUT2D eigenvalue weighted by molar-refractivity contribution is 7.89. The molecule has 8 heteroatoms. The first-order valence-corrected chi connectivity index (χ1v) is 7.41. The maximum atomic E-state index is 13.3. The van der Waals surface area contributed by atoms with Gasteiger partial charge in [-0.15, -0.1) is 6.58 Å².